The number of likely N-dealkylation sites (tertiary alicyclic amines) is 1. The van der Waals surface area contributed by atoms with Gasteiger partial charge in [0, 0.05) is 21.3 Å². The highest BCUT2D eigenvalue weighted by Crippen LogP contribution is 2.34. The van der Waals surface area contributed by atoms with Gasteiger partial charge in [0.15, 0.2) is 0 Å². The number of piperidine rings is 1. The van der Waals surface area contributed by atoms with E-state index in [2.05, 4.69) is 0 Å². The number of phenols is 1. The fourth-order valence-electron chi connectivity index (χ4n) is 2.35. The summed E-state index contributed by atoms with van der Waals surface area (Å²) < 4.78 is 44.4. The van der Waals surface area contributed by atoms with Gasteiger partial charge in [0.2, 0.25) is 0 Å². The highest BCUT2D eigenvalue weighted by Gasteiger charge is 2.34. The quantitative estimate of drug-likeness (QED) is 0.853. The molecule has 0 amide bonds. The lowest BCUT2D eigenvalue weighted by molar-refractivity contribution is -0.0340. The van der Waals surface area contributed by atoms with Crippen LogP contribution in [0.1, 0.15) is 26.6 Å². The molecule has 0 radical (unpaired) electrons. The fourth-order valence-corrected chi connectivity index (χ4v) is 2.35. The summed E-state index contributed by atoms with van der Waals surface area (Å²) in [4.78, 5) is 2.22. The van der Waals surface area contributed by atoms with Crippen molar-refractivity contribution in [1.82, 2.24) is 9.80 Å². The van der Waals surface area contributed by atoms with E-state index in [-0.39, 0.29) is 12.4 Å². The molecule has 0 aromatic heterocycles. The second-order valence-corrected chi connectivity index (χ2v) is 4.77. The predicted octanol–water partition coefficient (Wildman–Crippen LogP) is 1.19. The van der Waals surface area contributed by atoms with Crippen LogP contribution in [0.2, 0.25) is 0 Å². The molecule has 1 saturated heterocycles. The van der Waals surface area contributed by atoms with Crippen LogP contribution in [0.3, 0.4) is 0 Å². The SMILES string of the molecule is [2H]C([2H])([2H])N(CN1CCC(O)(c2cccc(O)c2)CC1)C([2H])([2H])[2H]. The van der Waals surface area contributed by atoms with Crippen LogP contribution in [-0.4, -0.2) is 53.7 Å². The van der Waals surface area contributed by atoms with Crippen LogP contribution in [0, 0.1) is 0 Å². The average molecular weight is 256 g/mol. The van der Waals surface area contributed by atoms with Crippen molar-refractivity contribution in [3.63, 3.8) is 0 Å². The third-order valence-corrected chi connectivity index (χ3v) is 3.41. The molecule has 0 aliphatic carbocycles. The molecule has 1 heterocycles. The minimum Gasteiger partial charge on any atom is -0.508 e. The van der Waals surface area contributed by atoms with Gasteiger partial charge in [-0.05, 0) is 44.5 Å². The van der Waals surface area contributed by atoms with E-state index in [1.54, 1.807) is 17.0 Å². The van der Waals surface area contributed by atoms with E-state index in [1.165, 1.54) is 12.1 Å². The molecule has 0 unspecified atom stereocenters. The zero-order chi connectivity index (χ0) is 18.2. The third-order valence-electron chi connectivity index (χ3n) is 3.41. The van der Waals surface area contributed by atoms with Gasteiger partial charge < -0.3 is 10.2 Å². The Morgan fingerprint density at radius 2 is 2.11 bits per heavy atom. The molecule has 1 aromatic rings. The van der Waals surface area contributed by atoms with Crippen LogP contribution in [0.4, 0.5) is 0 Å². The van der Waals surface area contributed by atoms with Crippen LogP contribution in [0.25, 0.3) is 0 Å². The highest BCUT2D eigenvalue weighted by atomic mass is 16.3. The summed E-state index contributed by atoms with van der Waals surface area (Å²) in [7, 11) is 0. The summed E-state index contributed by atoms with van der Waals surface area (Å²) in [5.41, 5.74) is -0.509. The van der Waals surface area contributed by atoms with Gasteiger partial charge in [-0.3, -0.25) is 9.80 Å². The number of benzene rings is 1. The molecule has 1 aliphatic heterocycles. The maximum Gasteiger partial charge on any atom is 0.115 e. The van der Waals surface area contributed by atoms with Crippen LogP contribution < -0.4 is 0 Å². The van der Waals surface area contributed by atoms with Gasteiger partial charge in [0.25, 0.3) is 0 Å². The molecule has 4 heteroatoms. The van der Waals surface area contributed by atoms with Gasteiger partial charge in [-0.1, -0.05) is 12.1 Å². The van der Waals surface area contributed by atoms with Gasteiger partial charge in [-0.2, -0.15) is 0 Å². The third kappa shape index (κ3) is 3.02. The number of aliphatic hydroxyl groups is 1. The number of nitrogens with zero attached hydrogens (tertiary/aromatic N) is 2. The summed E-state index contributed by atoms with van der Waals surface area (Å²) >= 11 is 0. The van der Waals surface area contributed by atoms with Crippen molar-refractivity contribution < 1.29 is 18.4 Å². The first-order chi connectivity index (χ1) is 10.9. The zero-order valence-electron chi connectivity index (χ0n) is 16.1. The fraction of sp³-hybridized carbons (Fsp3) is 0.571. The minimum absolute atomic E-state index is 0.0688. The summed E-state index contributed by atoms with van der Waals surface area (Å²) in [5, 5.41) is 20.3. The molecule has 1 aliphatic rings. The first kappa shape index (κ1) is 7.48. The van der Waals surface area contributed by atoms with Crippen LogP contribution >= 0.6 is 0 Å². The zero-order valence-corrected chi connectivity index (χ0v) is 10.1. The number of rotatable bonds is 3. The van der Waals surface area contributed by atoms with Crippen LogP contribution in [0.15, 0.2) is 24.3 Å². The van der Waals surface area contributed by atoms with Gasteiger partial charge in [-0.25, -0.2) is 0 Å². The Balaban J connectivity index is 2.04. The van der Waals surface area contributed by atoms with Gasteiger partial charge in [0.05, 0.1) is 12.3 Å². The number of hydrogen-bond acceptors (Lipinski definition) is 4. The lowest BCUT2D eigenvalue weighted by Crippen LogP contribution is -2.45. The smallest absolute Gasteiger partial charge is 0.115 e. The van der Waals surface area contributed by atoms with Crippen molar-refractivity contribution in [3.05, 3.63) is 29.8 Å². The lowest BCUT2D eigenvalue weighted by Gasteiger charge is -2.39. The Hall–Kier alpha value is -1.10. The first-order valence-electron chi connectivity index (χ1n) is 8.94. The van der Waals surface area contributed by atoms with Crippen molar-refractivity contribution in [2.75, 3.05) is 33.7 Å². The minimum atomic E-state index is -2.72. The molecular weight excluding hydrogens is 228 g/mol. The van der Waals surface area contributed by atoms with Crippen molar-refractivity contribution in [3.8, 4) is 5.75 Å². The molecule has 0 atom stereocenters. The van der Waals surface area contributed by atoms with E-state index in [4.69, 9.17) is 8.22 Å². The molecule has 2 N–H and O–H groups in total. The Morgan fingerprint density at radius 3 is 2.72 bits per heavy atom. The van der Waals surface area contributed by atoms with E-state index in [0.29, 0.717) is 36.4 Å². The molecule has 0 spiro atoms. The summed E-state index contributed by atoms with van der Waals surface area (Å²) in [5.74, 6) is 0.0688. The van der Waals surface area contributed by atoms with E-state index in [9.17, 15) is 10.2 Å². The Labute approximate surface area is 117 Å². The van der Waals surface area contributed by atoms with Crippen molar-refractivity contribution in [2.45, 2.75) is 18.4 Å². The Bertz CT molecular complexity index is 553. The second-order valence-electron chi connectivity index (χ2n) is 4.77. The van der Waals surface area contributed by atoms with E-state index in [0.717, 1.165) is 0 Å². The molecule has 18 heavy (non-hydrogen) atoms. The van der Waals surface area contributed by atoms with E-state index >= 15 is 0 Å². The van der Waals surface area contributed by atoms with Gasteiger partial charge in [-0.15, -0.1) is 0 Å². The molecule has 1 fully saturated rings. The first-order valence-corrected chi connectivity index (χ1v) is 5.94. The largest absolute Gasteiger partial charge is 0.508 e. The van der Waals surface area contributed by atoms with Crippen molar-refractivity contribution in [1.29, 1.82) is 0 Å². The maximum atomic E-state index is 10.8. The molecule has 0 bridgehead atoms. The Kier molecular flexibility index (Phi) is 2.19. The molecule has 4 nitrogen and oxygen atoms in total. The maximum absolute atomic E-state index is 10.8. The second kappa shape index (κ2) is 5.26. The summed E-state index contributed by atoms with van der Waals surface area (Å²) in [6.07, 6.45) is 0.651. The number of hydrogen-bond donors (Lipinski definition) is 2. The van der Waals surface area contributed by atoms with E-state index in [1.807, 2.05) is 0 Å². The highest BCUT2D eigenvalue weighted by molar-refractivity contribution is 5.31. The van der Waals surface area contributed by atoms with Gasteiger partial charge in [0.1, 0.15) is 5.75 Å². The average Bonchev–Trinajstić information content (AvgIpc) is 2.44. The molecule has 100 valence electrons. The van der Waals surface area contributed by atoms with Crippen LogP contribution in [-0.2, 0) is 5.60 Å². The van der Waals surface area contributed by atoms with Crippen molar-refractivity contribution in [2.24, 2.45) is 0 Å². The predicted molar refractivity (Wildman–Crippen MR) is 71.4 cm³/mol. The topological polar surface area (TPSA) is 46.9 Å². The summed E-state index contributed by atoms with van der Waals surface area (Å²) in [6, 6.07) is 6.41. The Morgan fingerprint density at radius 1 is 1.39 bits per heavy atom. The number of phenolic OH excluding ortho intramolecular Hbond substituents is 1. The van der Waals surface area contributed by atoms with Gasteiger partial charge >= 0.3 is 0 Å². The van der Waals surface area contributed by atoms with Crippen LogP contribution in [0.5, 0.6) is 5.75 Å². The standard InChI is InChI=1S/C14H22N2O2/c1-15(2)11-16-8-6-14(18,7-9-16)12-4-3-5-13(17)10-12/h3-5,10,17-18H,6-9,11H2,1-2H3/i1D3,2D3. The lowest BCUT2D eigenvalue weighted by atomic mass is 9.84. The normalized spacial score (nSPS) is 26.6. The number of aromatic hydroxyl groups is 1. The monoisotopic (exact) mass is 256 g/mol. The molecule has 0 saturated carbocycles. The van der Waals surface area contributed by atoms with Crippen molar-refractivity contribution >= 4 is 0 Å². The summed E-state index contributed by atoms with van der Waals surface area (Å²) in [6.45, 7) is -4.94. The van der Waals surface area contributed by atoms with E-state index < -0.39 is 19.6 Å². The molecule has 1 aromatic carbocycles. The molecular formula is C14H22N2O2. The molecule has 2 rings (SSSR count).